The first-order valence-electron chi connectivity index (χ1n) is 10.5. The molecule has 0 heterocycles. The Hall–Kier alpha value is -1.09. The average molecular weight is 359 g/mol. The van der Waals surface area contributed by atoms with E-state index in [1.807, 2.05) is 6.08 Å². The van der Waals surface area contributed by atoms with Crippen LogP contribution in [0.3, 0.4) is 0 Å². The average Bonchev–Trinajstić information content (AvgIpc) is 2.88. The van der Waals surface area contributed by atoms with Gasteiger partial charge in [-0.15, -0.1) is 0 Å². The number of allylic oxidation sites excluding steroid dienone is 1. The minimum Gasteiger partial charge on any atom is -0.454 e. The number of aliphatic hydroxyl groups excluding tert-OH is 1. The standard InChI is InChI=1S/C23H34O3/c1-5-23(26-15(2)24)13-10-20-18-7-6-16-14-17(25)8-11-21(16,3)19(18)9-12-22(20,23)4/h5-6,17-20,25H,1,7-14H2,2-4H3/t17-,18+,19-,20-,21+,22-,23+/m1/s1. The normalized spacial score (nSPS) is 50.1. The molecule has 4 aliphatic carbocycles. The summed E-state index contributed by atoms with van der Waals surface area (Å²) in [6.45, 7) is 10.4. The molecule has 3 saturated carbocycles. The van der Waals surface area contributed by atoms with E-state index in [-0.39, 0.29) is 22.9 Å². The molecule has 0 aliphatic heterocycles. The second kappa shape index (κ2) is 5.95. The molecule has 3 nitrogen and oxygen atoms in total. The number of aliphatic hydroxyl groups is 1. The predicted octanol–water partition coefficient (Wildman–Crippen LogP) is 4.80. The first kappa shape index (κ1) is 18.3. The Morgan fingerprint density at radius 2 is 1.96 bits per heavy atom. The molecule has 0 aromatic heterocycles. The molecule has 3 heteroatoms. The Balaban J connectivity index is 1.68. The Kier molecular flexibility index (Phi) is 4.19. The molecule has 3 fully saturated rings. The van der Waals surface area contributed by atoms with Crippen LogP contribution in [0.2, 0.25) is 0 Å². The van der Waals surface area contributed by atoms with Gasteiger partial charge in [0.15, 0.2) is 0 Å². The Morgan fingerprint density at radius 3 is 2.65 bits per heavy atom. The van der Waals surface area contributed by atoms with Crippen molar-refractivity contribution in [3.8, 4) is 0 Å². The minimum atomic E-state index is -0.498. The van der Waals surface area contributed by atoms with Crippen LogP contribution in [0.15, 0.2) is 24.3 Å². The van der Waals surface area contributed by atoms with E-state index in [4.69, 9.17) is 4.74 Å². The molecular weight excluding hydrogens is 324 g/mol. The van der Waals surface area contributed by atoms with Crippen molar-refractivity contribution in [1.82, 2.24) is 0 Å². The summed E-state index contributed by atoms with van der Waals surface area (Å²) in [5.41, 5.74) is 1.26. The van der Waals surface area contributed by atoms with Crippen LogP contribution in [0.1, 0.15) is 72.1 Å². The third kappa shape index (κ3) is 2.32. The zero-order chi connectivity index (χ0) is 18.7. The van der Waals surface area contributed by atoms with E-state index in [9.17, 15) is 9.90 Å². The van der Waals surface area contributed by atoms with E-state index in [0.717, 1.165) is 44.9 Å². The summed E-state index contributed by atoms with van der Waals surface area (Å²) in [5.74, 6) is 1.76. The number of hydrogen-bond donors (Lipinski definition) is 1. The number of hydrogen-bond acceptors (Lipinski definition) is 3. The fourth-order valence-corrected chi connectivity index (χ4v) is 7.48. The molecule has 0 radical (unpaired) electrons. The van der Waals surface area contributed by atoms with Crippen LogP contribution in [0.5, 0.6) is 0 Å². The first-order chi connectivity index (χ1) is 12.3. The summed E-state index contributed by atoms with van der Waals surface area (Å²) >= 11 is 0. The van der Waals surface area contributed by atoms with Crippen molar-refractivity contribution in [2.75, 3.05) is 0 Å². The number of carbonyl (C=O) groups excluding carboxylic acids is 1. The van der Waals surface area contributed by atoms with Gasteiger partial charge in [-0.2, -0.15) is 0 Å². The maximum absolute atomic E-state index is 11.8. The lowest BCUT2D eigenvalue weighted by Crippen LogP contribution is -2.55. The molecule has 0 saturated heterocycles. The minimum absolute atomic E-state index is 0.00251. The molecule has 0 unspecified atom stereocenters. The second-order valence-electron chi connectivity index (χ2n) is 9.84. The molecule has 0 aromatic carbocycles. The summed E-state index contributed by atoms with van der Waals surface area (Å²) < 4.78 is 5.94. The lowest BCUT2D eigenvalue weighted by Gasteiger charge is -2.59. The van der Waals surface area contributed by atoms with Crippen molar-refractivity contribution in [3.63, 3.8) is 0 Å². The van der Waals surface area contributed by atoms with E-state index in [1.54, 1.807) is 0 Å². The van der Waals surface area contributed by atoms with Gasteiger partial charge in [0.1, 0.15) is 5.60 Å². The zero-order valence-electron chi connectivity index (χ0n) is 16.6. The van der Waals surface area contributed by atoms with E-state index >= 15 is 0 Å². The molecule has 4 rings (SSSR count). The summed E-state index contributed by atoms with van der Waals surface area (Å²) in [7, 11) is 0. The fourth-order valence-electron chi connectivity index (χ4n) is 7.48. The lowest BCUT2D eigenvalue weighted by atomic mass is 9.47. The van der Waals surface area contributed by atoms with Gasteiger partial charge in [-0.05, 0) is 80.6 Å². The molecule has 0 aromatic rings. The van der Waals surface area contributed by atoms with Crippen LogP contribution in [0.4, 0.5) is 0 Å². The molecular formula is C23H34O3. The maximum atomic E-state index is 11.8. The molecule has 0 amide bonds. The van der Waals surface area contributed by atoms with Gasteiger partial charge in [-0.1, -0.05) is 32.1 Å². The highest BCUT2D eigenvalue weighted by Gasteiger charge is 2.64. The summed E-state index contributed by atoms with van der Waals surface area (Å²) in [6.07, 6.45) is 12.6. The third-order valence-corrected chi connectivity index (χ3v) is 8.92. The predicted molar refractivity (Wildman–Crippen MR) is 102 cm³/mol. The second-order valence-corrected chi connectivity index (χ2v) is 9.84. The Labute approximate surface area is 157 Å². The smallest absolute Gasteiger partial charge is 0.303 e. The van der Waals surface area contributed by atoms with Crippen LogP contribution in [-0.4, -0.2) is 22.8 Å². The van der Waals surface area contributed by atoms with E-state index in [0.29, 0.717) is 17.8 Å². The third-order valence-electron chi connectivity index (χ3n) is 8.92. The van der Waals surface area contributed by atoms with E-state index in [2.05, 4.69) is 26.5 Å². The van der Waals surface area contributed by atoms with Crippen molar-refractivity contribution >= 4 is 5.97 Å². The topological polar surface area (TPSA) is 46.5 Å². The van der Waals surface area contributed by atoms with Crippen molar-refractivity contribution in [2.45, 2.75) is 83.8 Å². The van der Waals surface area contributed by atoms with Gasteiger partial charge in [0.25, 0.3) is 0 Å². The van der Waals surface area contributed by atoms with Crippen molar-refractivity contribution in [3.05, 3.63) is 24.3 Å². The number of fused-ring (bicyclic) bond motifs is 5. The van der Waals surface area contributed by atoms with Crippen LogP contribution >= 0.6 is 0 Å². The van der Waals surface area contributed by atoms with Gasteiger partial charge in [-0.25, -0.2) is 0 Å². The monoisotopic (exact) mass is 358 g/mol. The summed E-state index contributed by atoms with van der Waals surface area (Å²) in [4.78, 5) is 11.8. The van der Waals surface area contributed by atoms with Gasteiger partial charge < -0.3 is 9.84 Å². The van der Waals surface area contributed by atoms with Gasteiger partial charge >= 0.3 is 5.97 Å². The zero-order valence-corrected chi connectivity index (χ0v) is 16.6. The van der Waals surface area contributed by atoms with Crippen LogP contribution in [0.25, 0.3) is 0 Å². The SMILES string of the molecule is C=C[C@]1(OC(C)=O)CC[C@@H]2[C@H]3CC=C4C[C@H](O)CC[C@]4(C)[C@@H]3CC[C@]21C. The number of esters is 1. The summed E-state index contributed by atoms with van der Waals surface area (Å²) in [6, 6.07) is 0. The van der Waals surface area contributed by atoms with Crippen molar-refractivity contribution < 1.29 is 14.6 Å². The van der Waals surface area contributed by atoms with Crippen LogP contribution < -0.4 is 0 Å². The summed E-state index contributed by atoms with van der Waals surface area (Å²) in [5, 5.41) is 10.1. The van der Waals surface area contributed by atoms with Gasteiger partial charge in [0.05, 0.1) is 6.10 Å². The molecule has 4 aliphatic rings. The van der Waals surface area contributed by atoms with E-state index < -0.39 is 5.60 Å². The molecule has 144 valence electrons. The van der Waals surface area contributed by atoms with Gasteiger partial charge in [0.2, 0.25) is 0 Å². The molecule has 7 atom stereocenters. The highest BCUT2D eigenvalue weighted by molar-refractivity contribution is 5.67. The lowest BCUT2D eigenvalue weighted by molar-refractivity contribution is -0.170. The van der Waals surface area contributed by atoms with Crippen molar-refractivity contribution in [1.29, 1.82) is 0 Å². The van der Waals surface area contributed by atoms with Gasteiger partial charge in [0, 0.05) is 12.3 Å². The number of rotatable bonds is 2. The first-order valence-corrected chi connectivity index (χ1v) is 10.5. The van der Waals surface area contributed by atoms with Crippen LogP contribution in [-0.2, 0) is 9.53 Å². The highest BCUT2D eigenvalue weighted by Crippen LogP contribution is 2.68. The largest absolute Gasteiger partial charge is 0.454 e. The highest BCUT2D eigenvalue weighted by atomic mass is 16.6. The van der Waals surface area contributed by atoms with Crippen molar-refractivity contribution in [2.24, 2.45) is 28.6 Å². The molecule has 1 N–H and O–H groups in total. The Morgan fingerprint density at radius 1 is 1.23 bits per heavy atom. The molecule has 0 spiro atoms. The van der Waals surface area contributed by atoms with E-state index in [1.165, 1.54) is 18.9 Å². The van der Waals surface area contributed by atoms with Crippen LogP contribution in [0, 0.1) is 28.6 Å². The fraction of sp³-hybridized carbons (Fsp3) is 0.783. The number of ether oxygens (including phenoxy) is 1. The number of carbonyl (C=O) groups is 1. The van der Waals surface area contributed by atoms with Gasteiger partial charge in [-0.3, -0.25) is 4.79 Å². The quantitative estimate of drug-likeness (QED) is 0.570. The molecule has 0 bridgehead atoms. The Bertz CT molecular complexity index is 652. The molecule has 26 heavy (non-hydrogen) atoms. The maximum Gasteiger partial charge on any atom is 0.303 e.